The summed E-state index contributed by atoms with van der Waals surface area (Å²) in [4.78, 5) is 27.9. The maximum Gasteiger partial charge on any atom is 0.240 e. The van der Waals surface area contributed by atoms with Crippen molar-refractivity contribution in [2.45, 2.75) is 11.7 Å². The van der Waals surface area contributed by atoms with E-state index in [-0.39, 0.29) is 18.2 Å². The van der Waals surface area contributed by atoms with Gasteiger partial charge in [0.25, 0.3) is 0 Å². The molecule has 2 rings (SSSR count). The van der Waals surface area contributed by atoms with E-state index in [0.717, 1.165) is 5.69 Å². The van der Waals surface area contributed by atoms with E-state index >= 15 is 0 Å². The third-order valence-electron chi connectivity index (χ3n) is 2.76. The van der Waals surface area contributed by atoms with E-state index in [4.69, 9.17) is 4.74 Å². The van der Waals surface area contributed by atoms with E-state index in [2.05, 4.69) is 15.6 Å². The minimum atomic E-state index is -0.435. The molecule has 6 nitrogen and oxygen atoms in total. The number of anilines is 1. The van der Waals surface area contributed by atoms with Crippen LogP contribution in [0.25, 0.3) is 0 Å². The number of ether oxygens (including phenoxy) is 1. The Labute approximate surface area is 127 Å². The van der Waals surface area contributed by atoms with Gasteiger partial charge >= 0.3 is 0 Å². The molecule has 1 atom stereocenters. The van der Waals surface area contributed by atoms with E-state index in [0.29, 0.717) is 18.3 Å². The van der Waals surface area contributed by atoms with Crippen molar-refractivity contribution in [1.82, 2.24) is 5.32 Å². The van der Waals surface area contributed by atoms with Crippen LogP contribution in [0.3, 0.4) is 0 Å². The predicted octanol–water partition coefficient (Wildman–Crippen LogP) is 1.25. The van der Waals surface area contributed by atoms with E-state index in [1.165, 1.54) is 11.8 Å². The molecule has 0 bridgehead atoms. The number of para-hydroxylation sites is 1. The SMILES string of the molecule is COCCN=C1NC(=O)[C@H](CC(=O)Nc2ccccc2)S1. The number of benzene rings is 1. The number of carbonyl (C=O) groups is 2. The highest BCUT2D eigenvalue weighted by Crippen LogP contribution is 2.22. The molecular weight excluding hydrogens is 290 g/mol. The summed E-state index contributed by atoms with van der Waals surface area (Å²) in [6, 6.07) is 9.16. The van der Waals surface area contributed by atoms with Gasteiger partial charge in [-0.15, -0.1) is 0 Å². The van der Waals surface area contributed by atoms with Crippen LogP contribution in [0.4, 0.5) is 5.69 Å². The number of methoxy groups -OCH3 is 1. The number of nitrogens with zero attached hydrogens (tertiary/aromatic N) is 1. The number of hydrogen-bond acceptors (Lipinski definition) is 5. The van der Waals surface area contributed by atoms with Crippen LogP contribution in [-0.2, 0) is 14.3 Å². The Morgan fingerprint density at radius 2 is 2.19 bits per heavy atom. The van der Waals surface area contributed by atoms with E-state index in [9.17, 15) is 9.59 Å². The molecule has 21 heavy (non-hydrogen) atoms. The molecule has 0 spiro atoms. The molecule has 1 aliphatic heterocycles. The molecule has 1 aliphatic rings. The van der Waals surface area contributed by atoms with Crippen LogP contribution in [0.15, 0.2) is 35.3 Å². The standard InChI is InChI=1S/C14H17N3O3S/c1-20-8-7-15-14-17-13(19)11(21-14)9-12(18)16-10-5-3-2-4-6-10/h2-6,11H,7-9H2,1H3,(H,16,18)(H,15,17,19)/t11-/m0/s1. The zero-order valence-corrected chi connectivity index (χ0v) is 12.5. The fourth-order valence-corrected chi connectivity index (χ4v) is 2.75. The number of carbonyl (C=O) groups excluding carboxylic acids is 2. The van der Waals surface area contributed by atoms with Crippen LogP contribution in [-0.4, -0.2) is 42.5 Å². The molecule has 1 saturated heterocycles. The third kappa shape index (κ3) is 4.87. The van der Waals surface area contributed by atoms with Crippen molar-refractivity contribution in [3.8, 4) is 0 Å². The molecule has 7 heteroatoms. The van der Waals surface area contributed by atoms with Crippen molar-refractivity contribution >= 4 is 34.4 Å². The molecular formula is C14H17N3O3S. The first kappa shape index (κ1) is 15.5. The fraction of sp³-hybridized carbons (Fsp3) is 0.357. The van der Waals surface area contributed by atoms with Crippen LogP contribution in [0, 0.1) is 0 Å². The summed E-state index contributed by atoms with van der Waals surface area (Å²) in [6.45, 7) is 0.987. The second-order valence-corrected chi connectivity index (χ2v) is 5.59. The van der Waals surface area contributed by atoms with E-state index in [1.807, 2.05) is 18.2 Å². The molecule has 0 aliphatic carbocycles. The third-order valence-corrected chi connectivity index (χ3v) is 3.88. The van der Waals surface area contributed by atoms with Crippen molar-refractivity contribution in [2.24, 2.45) is 4.99 Å². The quantitative estimate of drug-likeness (QED) is 0.775. The van der Waals surface area contributed by atoms with Gasteiger partial charge in [0.05, 0.1) is 13.2 Å². The molecule has 1 fully saturated rings. The van der Waals surface area contributed by atoms with Gasteiger partial charge in [0.2, 0.25) is 11.8 Å². The summed E-state index contributed by atoms with van der Waals surface area (Å²) >= 11 is 1.28. The maximum absolute atomic E-state index is 11.9. The number of aliphatic imine (C=N–C) groups is 1. The number of amidine groups is 1. The van der Waals surface area contributed by atoms with E-state index in [1.54, 1.807) is 19.2 Å². The molecule has 2 N–H and O–H groups in total. The Bertz CT molecular complexity index is 534. The Kier molecular flexibility index (Phi) is 5.77. The first-order valence-corrected chi connectivity index (χ1v) is 7.43. The molecule has 1 aromatic carbocycles. The molecule has 0 saturated carbocycles. The summed E-state index contributed by atoms with van der Waals surface area (Å²) in [7, 11) is 1.59. The highest BCUT2D eigenvalue weighted by atomic mass is 32.2. The Hall–Kier alpha value is -1.86. The molecule has 1 heterocycles. The van der Waals surface area contributed by atoms with Gasteiger partial charge in [-0.2, -0.15) is 0 Å². The highest BCUT2D eigenvalue weighted by molar-refractivity contribution is 8.15. The Morgan fingerprint density at radius 1 is 1.43 bits per heavy atom. The number of rotatable bonds is 6. The minimum absolute atomic E-state index is 0.120. The van der Waals surface area contributed by atoms with Gasteiger partial charge in [0.15, 0.2) is 5.17 Å². The second kappa shape index (κ2) is 7.80. The second-order valence-electron chi connectivity index (χ2n) is 4.39. The summed E-state index contributed by atoms with van der Waals surface area (Å²) in [6.07, 6.45) is 0.120. The summed E-state index contributed by atoms with van der Waals surface area (Å²) in [5, 5.41) is 5.55. The molecule has 0 aromatic heterocycles. The lowest BCUT2D eigenvalue weighted by Crippen LogP contribution is -2.28. The normalized spacial score (nSPS) is 19.6. The zero-order valence-electron chi connectivity index (χ0n) is 11.7. The van der Waals surface area contributed by atoms with Gasteiger partial charge in [-0.25, -0.2) is 0 Å². The van der Waals surface area contributed by atoms with Gasteiger partial charge in [-0.1, -0.05) is 30.0 Å². The van der Waals surface area contributed by atoms with Crippen molar-refractivity contribution < 1.29 is 14.3 Å². The van der Waals surface area contributed by atoms with Crippen molar-refractivity contribution in [2.75, 3.05) is 25.6 Å². The first-order valence-electron chi connectivity index (χ1n) is 6.55. The summed E-state index contributed by atoms with van der Waals surface area (Å²) in [5.74, 6) is -0.369. The van der Waals surface area contributed by atoms with Gasteiger partial charge in [-0.05, 0) is 12.1 Å². The number of thioether (sulfide) groups is 1. The average Bonchev–Trinajstić information content (AvgIpc) is 2.80. The average molecular weight is 307 g/mol. The van der Waals surface area contributed by atoms with Crippen molar-refractivity contribution in [3.05, 3.63) is 30.3 Å². The van der Waals surface area contributed by atoms with E-state index < -0.39 is 5.25 Å². The van der Waals surface area contributed by atoms with Gasteiger partial charge < -0.3 is 15.4 Å². The smallest absolute Gasteiger partial charge is 0.240 e. The van der Waals surface area contributed by atoms with Crippen LogP contribution in [0.5, 0.6) is 0 Å². The van der Waals surface area contributed by atoms with Crippen LogP contribution in [0.2, 0.25) is 0 Å². The van der Waals surface area contributed by atoms with Gasteiger partial charge in [0, 0.05) is 19.2 Å². The predicted molar refractivity (Wildman–Crippen MR) is 83.4 cm³/mol. The maximum atomic E-state index is 11.9. The number of nitrogens with one attached hydrogen (secondary N) is 2. The Balaban J connectivity index is 1.84. The molecule has 2 amide bonds. The highest BCUT2D eigenvalue weighted by Gasteiger charge is 2.31. The lowest BCUT2D eigenvalue weighted by molar-refractivity contribution is -0.122. The lowest BCUT2D eigenvalue weighted by atomic mass is 10.2. The molecule has 0 unspecified atom stereocenters. The van der Waals surface area contributed by atoms with Crippen LogP contribution >= 0.6 is 11.8 Å². The summed E-state index contributed by atoms with van der Waals surface area (Å²) < 4.78 is 4.89. The summed E-state index contributed by atoms with van der Waals surface area (Å²) in [5.41, 5.74) is 0.722. The molecule has 1 aromatic rings. The lowest BCUT2D eigenvalue weighted by Gasteiger charge is -2.07. The topological polar surface area (TPSA) is 79.8 Å². The monoisotopic (exact) mass is 307 g/mol. The van der Waals surface area contributed by atoms with Crippen molar-refractivity contribution in [3.63, 3.8) is 0 Å². The first-order chi connectivity index (χ1) is 10.2. The molecule has 0 radical (unpaired) electrons. The van der Waals surface area contributed by atoms with Crippen LogP contribution in [0.1, 0.15) is 6.42 Å². The number of hydrogen-bond donors (Lipinski definition) is 2. The van der Waals surface area contributed by atoms with Gasteiger partial charge in [0.1, 0.15) is 5.25 Å². The fourth-order valence-electron chi connectivity index (χ4n) is 1.76. The Morgan fingerprint density at radius 3 is 2.90 bits per heavy atom. The number of amides is 2. The van der Waals surface area contributed by atoms with Gasteiger partial charge in [-0.3, -0.25) is 14.6 Å². The molecule has 112 valence electrons. The largest absolute Gasteiger partial charge is 0.383 e. The van der Waals surface area contributed by atoms with Crippen molar-refractivity contribution in [1.29, 1.82) is 0 Å². The zero-order chi connectivity index (χ0) is 15.1. The minimum Gasteiger partial charge on any atom is -0.383 e. The van der Waals surface area contributed by atoms with Crippen LogP contribution < -0.4 is 10.6 Å².